The van der Waals surface area contributed by atoms with Crippen molar-refractivity contribution in [2.75, 3.05) is 0 Å². The van der Waals surface area contributed by atoms with Gasteiger partial charge < -0.3 is 9.72 Å². The van der Waals surface area contributed by atoms with E-state index in [0.717, 1.165) is 17.8 Å². The molecule has 24 heavy (non-hydrogen) atoms. The van der Waals surface area contributed by atoms with E-state index in [1.165, 1.54) is 6.07 Å². The SMILES string of the molecule is C[C@@H](NC(=O)c1ccc2cncn2c1)c1ccc(C(F)(F)F)nc1. The number of nitrogens with zero attached hydrogens (tertiary/aromatic N) is 3. The number of nitrogens with one attached hydrogen (secondary N) is 1. The Labute approximate surface area is 135 Å². The lowest BCUT2D eigenvalue weighted by Gasteiger charge is -2.15. The Morgan fingerprint density at radius 1 is 1.21 bits per heavy atom. The largest absolute Gasteiger partial charge is 0.433 e. The third-order valence-electron chi connectivity index (χ3n) is 3.59. The van der Waals surface area contributed by atoms with E-state index in [1.807, 2.05) is 0 Å². The van der Waals surface area contributed by atoms with Crippen LogP contribution in [-0.4, -0.2) is 20.3 Å². The molecule has 8 heteroatoms. The van der Waals surface area contributed by atoms with Crippen LogP contribution in [0.4, 0.5) is 13.2 Å². The maximum Gasteiger partial charge on any atom is 0.433 e. The minimum Gasteiger partial charge on any atom is -0.345 e. The van der Waals surface area contributed by atoms with Gasteiger partial charge in [-0.25, -0.2) is 4.98 Å². The fourth-order valence-electron chi connectivity index (χ4n) is 2.25. The fraction of sp³-hybridized carbons (Fsp3) is 0.188. The number of amides is 1. The van der Waals surface area contributed by atoms with Crippen LogP contribution < -0.4 is 5.32 Å². The third-order valence-corrected chi connectivity index (χ3v) is 3.59. The fourth-order valence-corrected chi connectivity index (χ4v) is 2.25. The van der Waals surface area contributed by atoms with Gasteiger partial charge in [-0.2, -0.15) is 13.2 Å². The van der Waals surface area contributed by atoms with Crippen molar-refractivity contribution < 1.29 is 18.0 Å². The van der Waals surface area contributed by atoms with Gasteiger partial charge in [-0.3, -0.25) is 9.78 Å². The summed E-state index contributed by atoms with van der Waals surface area (Å²) in [6.45, 7) is 1.68. The van der Waals surface area contributed by atoms with Crippen molar-refractivity contribution in [2.24, 2.45) is 0 Å². The van der Waals surface area contributed by atoms with Crippen molar-refractivity contribution in [2.45, 2.75) is 19.1 Å². The van der Waals surface area contributed by atoms with Crippen LogP contribution in [-0.2, 0) is 6.18 Å². The van der Waals surface area contributed by atoms with E-state index in [-0.39, 0.29) is 5.91 Å². The molecule has 5 nitrogen and oxygen atoms in total. The minimum atomic E-state index is -4.48. The van der Waals surface area contributed by atoms with Crippen LogP contribution in [0, 0.1) is 0 Å². The number of hydrogen-bond acceptors (Lipinski definition) is 3. The van der Waals surface area contributed by atoms with Gasteiger partial charge in [-0.1, -0.05) is 6.07 Å². The molecule has 124 valence electrons. The molecule has 0 saturated carbocycles. The molecular formula is C16H13F3N4O. The maximum atomic E-state index is 12.5. The number of carbonyl (C=O) groups excluding carboxylic acids is 1. The molecule has 0 unspecified atom stereocenters. The second kappa shape index (κ2) is 5.95. The predicted octanol–water partition coefficient (Wildman–Crippen LogP) is 3.24. The summed E-state index contributed by atoms with van der Waals surface area (Å²) in [6, 6.07) is 5.14. The highest BCUT2D eigenvalue weighted by atomic mass is 19.4. The smallest absolute Gasteiger partial charge is 0.345 e. The molecular weight excluding hydrogens is 321 g/mol. The van der Waals surface area contributed by atoms with E-state index < -0.39 is 17.9 Å². The molecule has 1 N–H and O–H groups in total. The van der Waals surface area contributed by atoms with Crippen molar-refractivity contribution >= 4 is 11.4 Å². The zero-order valence-electron chi connectivity index (χ0n) is 12.6. The summed E-state index contributed by atoms with van der Waals surface area (Å²) in [5.41, 5.74) is 0.800. The molecule has 0 bridgehead atoms. The number of hydrogen-bond donors (Lipinski definition) is 1. The monoisotopic (exact) mass is 334 g/mol. The van der Waals surface area contributed by atoms with Gasteiger partial charge in [0.15, 0.2) is 0 Å². The number of fused-ring (bicyclic) bond motifs is 1. The Morgan fingerprint density at radius 3 is 2.67 bits per heavy atom. The molecule has 3 aromatic rings. The van der Waals surface area contributed by atoms with E-state index in [4.69, 9.17) is 0 Å². The van der Waals surface area contributed by atoms with E-state index in [2.05, 4.69) is 15.3 Å². The topological polar surface area (TPSA) is 59.3 Å². The molecule has 3 heterocycles. The van der Waals surface area contributed by atoms with Crippen LogP contribution in [0.25, 0.3) is 5.52 Å². The summed E-state index contributed by atoms with van der Waals surface area (Å²) in [5, 5.41) is 2.73. The molecule has 0 radical (unpaired) electrons. The first kappa shape index (κ1) is 16.0. The van der Waals surface area contributed by atoms with Gasteiger partial charge in [0, 0.05) is 12.4 Å². The third kappa shape index (κ3) is 3.22. The molecule has 0 aliphatic carbocycles. The highest BCUT2D eigenvalue weighted by Gasteiger charge is 2.32. The summed E-state index contributed by atoms with van der Waals surface area (Å²) in [4.78, 5) is 19.6. The molecule has 1 amide bonds. The quantitative estimate of drug-likeness (QED) is 0.800. The van der Waals surface area contributed by atoms with Gasteiger partial charge in [-0.15, -0.1) is 0 Å². The number of carbonyl (C=O) groups is 1. The van der Waals surface area contributed by atoms with Gasteiger partial charge in [0.2, 0.25) is 0 Å². The summed E-state index contributed by atoms with van der Waals surface area (Å²) >= 11 is 0. The molecule has 0 saturated heterocycles. The first-order valence-corrected chi connectivity index (χ1v) is 7.10. The van der Waals surface area contributed by atoms with Crippen molar-refractivity contribution in [3.8, 4) is 0 Å². The highest BCUT2D eigenvalue weighted by Crippen LogP contribution is 2.27. The van der Waals surface area contributed by atoms with Crippen LogP contribution in [0.5, 0.6) is 0 Å². The molecule has 3 aromatic heterocycles. The molecule has 0 aliphatic rings. The number of imidazole rings is 1. The molecule has 0 aromatic carbocycles. The number of alkyl halides is 3. The zero-order chi connectivity index (χ0) is 17.3. The summed E-state index contributed by atoms with van der Waals surface area (Å²) < 4.78 is 39.2. The molecule has 0 fully saturated rings. The Morgan fingerprint density at radius 2 is 2.00 bits per heavy atom. The molecule has 1 atom stereocenters. The average molecular weight is 334 g/mol. The van der Waals surface area contributed by atoms with Crippen molar-refractivity contribution in [1.29, 1.82) is 0 Å². The van der Waals surface area contributed by atoms with E-state index in [1.54, 1.807) is 42.2 Å². The Hall–Kier alpha value is -2.90. The van der Waals surface area contributed by atoms with E-state index in [9.17, 15) is 18.0 Å². The lowest BCUT2D eigenvalue weighted by Crippen LogP contribution is -2.27. The molecule has 0 aliphatic heterocycles. The number of halogens is 3. The zero-order valence-corrected chi connectivity index (χ0v) is 12.6. The number of rotatable bonds is 3. The summed E-state index contributed by atoms with van der Waals surface area (Å²) in [7, 11) is 0. The highest BCUT2D eigenvalue weighted by molar-refractivity contribution is 5.94. The van der Waals surface area contributed by atoms with E-state index >= 15 is 0 Å². The first-order chi connectivity index (χ1) is 11.3. The van der Waals surface area contributed by atoms with Crippen LogP contribution in [0.1, 0.15) is 34.6 Å². The van der Waals surface area contributed by atoms with E-state index in [0.29, 0.717) is 11.1 Å². The maximum absolute atomic E-state index is 12.5. The number of pyridine rings is 2. The van der Waals surface area contributed by atoms with Crippen LogP contribution in [0.2, 0.25) is 0 Å². The Kier molecular flexibility index (Phi) is 3.96. The Balaban J connectivity index is 1.73. The van der Waals surface area contributed by atoms with Crippen LogP contribution in [0.15, 0.2) is 49.2 Å². The van der Waals surface area contributed by atoms with Crippen molar-refractivity contribution in [3.05, 3.63) is 66.0 Å². The predicted molar refractivity (Wildman–Crippen MR) is 80.3 cm³/mol. The normalized spacial score (nSPS) is 13.0. The van der Waals surface area contributed by atoms with Gasteiger partial charge >= 0.3 is 6.18 Å². The summed E-state index contributed by atoms with van der Waals surface area (Å²) in [6.07, 6.45) is 1.51. The minimum absolute atomic E-state index is 0.335. The van der Waals surface area contributed by atoms with Gasteiger partial charge in [-0.05, 0) is 30.7 Å². The second-order valence-corrected chi connectivity index (χ2v) is 5.31. The van der Waals surface area contributed by atoms with Gasteiger partial charge in [0.1, 0.15) is 5.69 Å². The first-order valence-electron chi connectivity index (χ1n) is 7.10. The standard InChI is InChI=1S/C16H13F3N4O/c1-10(11-3-5-14(21-6-11)16(17,18)19)22-15(24)12-2-4-13-7-20-9-23(13)8-12/h2-10H,1H3,(H,22,24)/t10-/m1/s1. The second-order valence-electron chi connectivity index (χ2n) is 5.31. The van der Waals surface area contributed by atoms with Crippen molar-refractivity contribution in [1.82, 2.24) is 19.7 Å². The lowest BCUT2D eigenvalue weighted by molar-refractivity contribution is -0.141. The van der Waals surface area contributed by atoms with Crippen LogP contribution >= 0.6 is 0 Å². The molecule has 0 spiro atoms. The lowest BCUT2D eigenvalue weighted by atomic mass is 10.1. The average Bonchev–Trinajstić information content (AvgIpc) is 3.01. The Bertz CT molecular complexity index is 871. The summed E-state index contributed by atoms with van der Waals surface area (Å²) in [5.74, 6) is -0.335. The van der Waals surface area contributed by atoms with Gasteiger partial charge in [0.25, 0.3) is 5.91 Å². The number of aromatic nitrogens is 3. The van der Waals surface area contributed by atoms with Crippen LogP contribution in [0.3, 0.4) is 0 Å². The molecule has 3 rings (SSSR count). The van der Waals surface area contributed by atoms with Gasteiger partial charge in [0.05, 0.1) is 29.6 Å². The van der Waals surface area contributed by atoms with Crippen molar-refractivity contribution in [3.63, 3.8) is 0 Å².